The molecule has 0 aromatic rings. The molecule has 0 aromatic carbocycles. The molecule has 0 radical (unpaired) electrons. The van der Waals surface area contributed by atoms with Crippen LogP contribution in [0.25, 0.3) is 0 Å². The standard InChI is InChI=1S/C7H12O3/c1-4-6(3)10-7(8)9-5-2/h4H,5H2,1-3H3. The summed E-state index contributed by atoms with van der Waals surface area (Å²) < 4.78 is 9.15. The fourth-order valence-corrected chi connectivity index (χ4v) is 0.338. The van der Waals surface area contributed by atoms with Gasteiger partial charge in [-0.1, -0.05) is 0 Å². The molecule has 0 heterocycles. The molecular weight excluding hydrogens is 132 g/mol. The topological polar surface area (TPSA) is 35.5 Å². The zero-order valence-corrected chi connectivity index (χ0v) is 6.51. The number of allylic oxidation sites excluding steroid dienone is 2. The Hall–Kier alpha value is -0.990. The van der Waals surface area contributed by atoms with Crippen LogP contribution < -0.4 is 0 Å². The van der Waals surface area contributed by atoms with Crippen LogP contribution in [-0.4, -0.2) is 12.8 Å². The van der Waals surface area contributed by atoms with E-state index in [0.717, 1.165) is 0 Å². The van der Waals surface area contributed by atoms with Crippen LogP contribution in [0.3, 0.4) is 0 Å². The fraction of sp³-hybridized carbons (Fsp3) is 0.571. The van der Waals surface area contributed by atoms with E-state index >= 15 is 0 Å². The van der Waals surface area contributed by atoms with Crippen molar-refractivity contribution in [1.29, 1.82) is 0 Å². The third-order valence-electron chi connectivity index (χ3n) is 0.913. The van der Waals surface area contributed by atoms with Gasteiger partial charge in [0.05, 0.1) is 6.61 Å². The second-order valence-electron chi connectivity index (χ2n) is 1.68. The molecule has 3 nitrogen and oxygen atoms in total. The molecule has 0 amide bonds. The third kappa shape index (κ3) is 3.95. The quantitative estimate of drug-likeness (QED) is 0.439. The van der Waals surface area contributed by atoms with Crippen LogP contribution in [0.1, 0.15) is 20.8 Å². The number of carbonyl (C=O) groups is 1. The van der Waals surface area contributed by atoms with E-state index in [0.29, 0.717) is 12.4 Å². The summed E-state index contributed by atoms with van der Waals surface area (Å²) in [7, 11) is 0. The Morgan fingerprint density at radius 2 is 2.20 bits per heavy atom. The average molecular weight is 144 g/mol. The highest BCUT2D eigenvalue weighted by atomic mass is 16.7. The molecule has 58 valence electrons. The Balaban J connectivity index is 3.58. The van der Waals surface area contributed by atoms with E-state index < -0.39 is 6.16 Å². The molecule has 0 fully saturated rings. The summed E-state index contributed by atoms with van der Waals surface area (Å²) in [5, 5.41) is 0. The zero-order valence-electron chi connectivity index (χ0n) is 6.51. The average Bonchev–Trinajstić information content (AvgIpc) is 1.88. The van der Waals surface area contributed by atoms with Gasteiger partial charge in [-0.2, -0.15) is 0 Å². The fourth-order valence-electron chi connectivity index (χ4n) is 0.338. The first-order valence-corrected chi connectivity index (χ1v) is 3.18. The van der Waals surface area contributed by atoms with E-state index in [4.69, 9.17) is 0 Å². The van der Waals surface area contributed by atoms with E-state index in [-0.39, 0.29) is 0 Å². The van der Waals surface area contributed by atoms with Crippen LogP contribution >= 0.6 is 0 Å². The first-order valence-electron chi connectivity index (χ1n) is 3.18. The van der Waals surface area contributed by atoms with Crippen LogP contribution in [0.4, 0.5) is 4.79 Å². The van der Waals surface area contributed by atoms with Crippen molar-refractivity contribution in [2.24, 2.45) is 0 Å². The largest absolute Gasteiger partial charge is 0.513 e. The molecule has 0 aliphatic rings. The monoisotopic (exact) mass is 144 g/mol. The minimum absolute atomic E-state index is 0.343. The Kier molecular flexibility index (Phi) is 4.37. The SMILES string of the molecule is CC=C(C)OC(=O)OCC. The van der Waals surface area contributed by atoms with E-state index in [1.54, 1.807) is 26.8 Å². The summed E-state index contributed by atoms with van der Waals surface area (Å²) >= 11 is 0. The zero-order chi connectivity index (χ0) is 7.98. The number of ether oxygens (including phenoxy) is 2. The van der Waals surface area contributed by atoms with Crippen molar-refractivity contribution in [3.63, 3.8) is 0 Å². The molecule has 0 atom stereocenters. The van der Waals surface area contributed by atoms with Gasteiger partial charge in [-0.05, 0) is 26.8 Å². The Morgan fingerprint density at radius 3 is 2.60 bits per heavy atom. The van der Waals surface area contributed by atoms with Crippen molar-refractivity contribution < 1.29 is 14.3 Å². The predicted octanol–water partition coefficient (Wildman–Crippen LogP) is 2.08. The number of rotatable bonds is 2. The molecule has 0 saturated carbocycles. The Morgan fingerprint density at radius 1 is 1.60 bits per heavy atom. The van der Waals surface area contributed by atoms with Gasteiger partial charge in [0.25, 0.3) is 0 Å². The molecule has 10 heavy (non-hydrogen) atoms. The first-order chi connectivity index (χ1) is 4.70. The lowest BCUT2D eigenvalue weighted by molar-refractivity contribution is 0.0818. The molecule has 0 N–H and O–H groups in total. The van der Waals surface area contributed by atoms with Gasteiger partial charge in [-0.3, -0.25) is 0 Å². The molecule has 0 aromatic heterocycles. The van der Waals surface area contributed by atoms with Gasteiger partial charge >= 0.3 is 6.16 Å². The van der Waals surface area contributed by atoms with E-state index in [1.807, 2.05) is 0 Å². The van der Waals surface area contributed by atoms with Crippen molar-refractivity contribution in [3.8, 4) is 0 Å². The molecule has 0 aliphatic heterocycles. The summed E-state index contributed by atoms with van der Waals surface area (Å²) in [5.74, 6) is 0.554. The molecule has 3 heteroatoms. The van der Waals surface area contributed by atoms with Crippen LogP contribution in [-0.2, 0) is 9.47 Å². The minimum Gasteiger partial charge on any atom is -0.434 e. The molecule has 0 saturated heterocycles. The lowest BCUT2D eigenvalue weighted by atomic mass is 10.5. The lowest BCUT2D eigenvalue weighted by Gasteiger charge is -2.01. The van der Waals surface area contributed by atoms with Crippen molar-refractivity contribution in [2.45, 2.75) is 20.8 Å². The number of hydrogen-bond acceptors (Lipinski definition) is 3. The maximum absolute atomic E-state index is 10.5. The van der Waals surface area contributed by atoms with Crippen molar-refractivity contribution in [2.75, 3.05) is 6.61 Å². The first kappa shape index (κ1) is 9.01. The van der Waals surface area contributed by atoms with Crippen LogP contribution in [0, 0.1) is 0 Å². The maximum Gasteiger partial charge on any atom is 0.513 e. The summed E-state index contributed by atoms with van der Waals surface area (Å²) in [6.07, 6.45) is 1.05. The summed E-state index contributed by atoms with van der Waals surface area (Å²) in [6.45, 7) is 5.55. The van der Waals surface area contributed by atoms with Gasteiger partial charge in [0, 0.05) is 0 Å². The number of hydrogen-bond donors (Lipinski definition) is 0. The molecule has 0 bridgehead atoms. The summed E-state index contributed by atoms with van der Waals surface area (Å²) in [4.78, 5) is 10.5. The minimum atomic E-state index is -0.641. The second kappa shape index (κ2) is 4.85. The van der Waals surface area contributed by atoms with E-state index in [1.165, 1.54) is 0 Å². The highest BCUT2D eigenvalue weighted by Crippen LogP contribution is 1.96. The second-order valence-corrected chi connectivity index (χ2v) is 1.68. The van der Waals surface area contributed by atoms with Crippen LogP contribution in [0.15, 0.2) is 11.8 Å². The number of carbonyl (C=O) groups excluding carboxylic acids is 1. The Bertz CT molecular complexity index is 138. The molecule has 0 rings (SSSR count). The normalized spacial score (nSPS) is 10.9. The van der Waals surface area contributed by atoms with E-state index in [2.05, 4.69) is 9.47 Å². The maximum atomic E-state index is 10.5. The van der Waals surface area contributed by atoms with Gasteiger partial charge in [0.15, 0.2) is 0 Å². The van der Waals surface area contributed by atoms with Crippen molar-refractivity contribution >= 4 is 6.16 Å². The van der Waals surface area contributed by atoms with Gasteiger partial charge in [0.1, 0.15) is 5.76 Å². The van der Waals surface area contributed by atoms with Crippen LogP contribution in [0.2, 0.25) is 0 Å². The lowest BCUT2D eigenvalue weighted by Crippen LogP contribution is -2.05. The van der Waals surface area contributed by atoms with Gasteiger partial charge in [0.2, 0.25) is 0 Å². The van der Waals surface area contributed by atoms with Crippen LogP contribution in [0.5, 0.6) is 0 Å². The molecular formula is C7H12O3. The highest BCUT2D eigenvalue weighted by Gasteiger charge is 2.00. The highest BCUT2D eigenvalue weighted by molar-refractivity contribution is 5.61. The predicted molar refractivity (Wildman–Crippen MR) is 37.5 cm³/mol. The molecule has 0 unspecified atom stereocenters. The summed E-state index contributed by atoms with van der Waals surface area (Å²) in [6, 6.07) is 0. The van der Waals surface area contributed by atoms with Crippen molar-refractivity contribution in [3.05, 3.63) is 11.8 Å². The van der Waals surface area contributed by atoms with Gasteiger partial charge < -0.3 is 9.47 Å². The third-order valence-corrected chi connectivity index (χ3v) is 0.913. The summed E-state index contributed by atoms with van der Waals surface area (Å²) in [5.41, 5.74) is 0. The smallest absolute Gasteiger partial charge is 0.434 e. The molecule has 0 aliphatic carbocycles. The van der Waals surface area contributed by atoms with E-state index in [9.17, 15) is 4.79 Å². The molecule has 0 spiro atoms. The van der Waals surface area contributed by atoms with Crippen molar-refractivity contribution in [1.82, 2.24) is 0 Å². The Labute approximate surface area is 60.6 Å². The van der Waals surface area contributed by atoms with Gasteiger partial charge in [-0.15, -0.1) is 0 Å². The van der Waals surface area contributed by atoms with Gasteiger partial charge in [-0.25, -0.2) is 4.79 Å².